The number of rotatable bonds is 5. The van der Waals surface area contributed by atoms with Crippen LogP contribution in [0.4, 0.5) is 10.5 Å². The Morgan fingerprint density at radius 3 is 2.86 bits per heavy atom. The summed E-state index contributed by atoms with van der Waals surface area (Å²) in [6.45, 7) is 7.93. The van der Waals surface area contributed by atoms with Gasteiger partial charge < -0.3 is 15.2 Å². The minimum Gasteiger partial charge on any atom is -0.443 e. The largest absolute Gasteiger partial charge is 0.443 e. The number of hydrogen-bond acceptors (Lipinski definition) is 4. The lowest BCUT2D eigenvalue weighted by Gasteiger charge is -2.26. The Kier molecular flexibility index (Phi) is 5.42. The van der Waals surface area contributed by atoms with E-state index in [1.54, 1.807) is 4.90 Å². The molecule has 22 heavy (non-hydrogen) atoms. The van der Waals surface area contributed by atoms with Crippen LogP contribution in [0.25, 0.3) is 0 Å². The van der Waals surface area contributed by atoms with E-state index in [9.17, 15) is 4.79 Å². The Balaban J connectivity index is 2.12. The average Bonchev–Trinajstić information content (AvgIpc) is 2.86. The molecule has 0 saturated heterocycles. The highest BCUT2D eigenvalue weighted by atomic mass is 16.6. The van der Waals surface area contributed by atoms with Gasteiger partial charge in [-0.15, -0.1) is 0 Å². The summed E-state index contributed by atoms with van der Waals surface area (Å²) >= 11 is 0. The predicted octanol–water partition coefficient (Wildman–Crippen LogP) is 2.46. The molecule has 1 aliphatic rings. The summed E-state index contributed by atoms with van der Waals surface area (Å²) in [5.74, 6) is 0. The molecule has 1 aromatic carbocycles. The lowest BCUT2D eigenvalue weighted by molar-refractivity contribution is 0.0583. The van der Waals surface area contributed by atoms with E-state index in [-0.39, 0.29) is 12.7 Å². The number of fused-ring (bicyclic) bond motifs is 1. The maximum Gasteiger partial charge on any atom is 0.414 e. The highest BCUT2D eigenvalue weighted by Crippen LogP contribution is 2.33. The van der Waals surface area contributed by atoms with E-state index in [4.69, 9.17) is 9.84 Å². The summed E-state index contributed by atoms with van der Waals surface area (Å²) in [7, 11) is 0. The van der Waals surface area contributed by atoms with E-state index >= 15 is 0 Å². The molecule has 5 nitrogen and oxygen atoms in total. The summed E-state index contributed by atoms with van der Waals surface area (Å²) in [4.78, 5) is 14.1. The van der Waals surface area contributed by atoms with Gasteiger partial charge in [0.05, 0.1) is 5.69 Å². The minimum absolute atomic E-state index is 0.184. The zero-order chi connectivity index (χ0) is 16.2. The number of aliphatic hydroxyl groups is 1. The highest BCUT2D eigenvalue weighted by Gasteiger charge is 2.30. The third-order valence-corrected chi connectivity index (χ3v) is 3.52. The third-order valence-electron chi connectivity index (χ3n) is 3.52. The summed E-state index contributed by atoms with van der Waals surface area (Å²) in [5.41, 5.74) is 2.77. The first kappa shape index (κ1) is 16.8. The van der Waals surface area contributed by atoms with Gasteiger partial charge >= 0.3 is 6.09 Å². The molecule has 5 heteroatoms. The molecule has 0 bridgehead atoms. The van der Waals surface area contributed by atoms with E-state index in [0.717, 1.165) is 30.6 Å². The molecule has 1 amide bonds. The number of anilines is 1. The molecular formula is C17H26N2O3. The molecule has 0 fully saturated rings. The Morgan fingerprint density at radius 1 is 1.41 bits per heavy atom. The first-order chi connectivity index (χ1) is 10.4. The molecule has 0 saturated carbocycles. The van der Waals surface area contributed by atoms with Crippen molar-refractivity contribution in [1.29, 1.82) is 0 Å². The molecule has 1 aromatic rings. The zero-order valence-corrected chi connectivity index (χ0v) is 13.7. The van der Waals surface area contributed by atoms with Crippen LogP contribution in [-0.4, -0.2) is 36.5 Å². The standard InChI is InChI=1S/C17H26N2O3/c1-17(2,3)22-16(21)19-10-8-13-6-4-7-14(15(13)19)12-18-9-5-11-20/h4,6-7,18,20H,5,8-12H2,1-3H3. The number of amides is 1. The second-order valence-electron chi connectivity index (χ2n) is 6.56. The molecule has 122 valence electrons. The number of benzene rings is 1. The van der Waals surface area contributed by atoms with Crippen LogP contribution in [0, 0.1) is 0 Å². The van der Waals surface area contributed by atoms with E-state index in [0.29, 0.717) is 13.1 Å². The van der Waals surface area contributed by atoms with Crippen molar-refractivity contribution in [3.05, 3.63) is 29.3 Å². The first-order valence-electron chi connectivity index (χ1n) is 7.85. The fourth-order valence-corrected chi connectivity index (χ4v) is 2.61. The SMILES string of the molecule is CC(C)(C)OC(=O)N1CCc2cccc(CNCCCO)c21. The Labute approximate surface area is 132 Å². The van der Waals surface area contributed by atoms with Crippen LogP contribution in [0.5, 0.6) is 0 Å². The molecule has 2 N–H and O–H groups in total. The van der Waals surface area contributed by atoms with Crippen molar-refractivity contribution < 1.29 is 14.6 Å². The quantitative estimate of drug-likeness (QED) is 0.820. The number of aliphatic hydroxyl groups excluding tert-OH is 1. The van der Waals surface area contributed by atoms with Gasteiger partial charge in [0.2, 0.25) is 0 Å². The van der Waals surface area contributed by atoms with Crippen LogP contribution in [0.15, 0.2) is 18.2 Å². The fraction of sp³-hybridized carbons (Fsp3) is 0.588. The van der Waals surface area contributed by atoms with Gasteiger partial charge in [0.25, 0.3) is 0 Å². The van der Waals surface area contributed by atoms with Crippen molar-refractivity contribution in [3.8, 4) is 0 Å². The van der Waals surface area contributed by atoms with Gasteiger partial charge in [-0.05, 0) is 51.3 Å². The molecule has 0 radical (unpaired) electrons. The van der Waals surface area contributed by atoms with Crippen LogP contribution < -0.4 is 10.2 Å². The van der Waals surface area contributed by atoms with Crippen molar-refractivity contribution in [1.82, 2.24) is 5.32 Å². The van der Waals surface area contributed by atoms with Crippen molar-refractivity contribution in [3.63, 3.8) is 0 Å². The molecular weight excluding hydrogens is 280 g/mol. The van der Waals surface area contributed by atoms with Gasteiger partial charge in [-0.25, -0.2) is 4.79 Å². The van der Waals surface area contributed by atoms with Gasteiger partial charge in [-0.1, -0.05) is 18.2 Å². The van der Waals surface area contributed by atoms with Crippen molar-refractivity contribution in [2.45, 2.75) is 45.8 Å². The maximum absolute atomic E-state index is 12.4. The van der Waals surface area contributed by atoms with Gasteiger partial charge in [-0.3, -0.25) is 4.90 Å². The van der Waals surface area contributed by atoms with E-state index in [1.165, 1.54) is 5.56 Å². The summed E-state index contributed by atoms with van der Waals surface area (Å²) in [5, 5.41) is 12.1. The zero-order valence-electron chi connectivity index (χ0n) is 13.7. The molecule has 0 aromatic heterocycles. The number of para-hydroxylation sites is 1. The lowest BCUT2D eigenvalue weighted by Crippen LogP contribution is -2.36. The second-order valence-corrected chi connectivity index (χ2v) is 6.56. The van der Waals surface area contributed by atoms with Gasteiger partial charge in [-0.2, -0.15) is 0 Å². The van der Waals surface area contributed by atoms with Gasteiger partial charge in [0.15, 0.2) is 0 Å². The number of nitrogens with one attached hydrogen (secondary N) is 1. The fourth-order valence-electron chi connectivity index (χ4n) is 2.61. The van der Waals surface area contributed by atoms with Crippen LogP contribution >= 0.6 is 0 Å². The molecule has 0 unspecified atom stereocenters. The maximum atomic E-state index is 12.4. The molecule has 1 heterocycles. The average molecular weight is 306 g/mol. The van der Waals surface area contributed by atoms with Crippen molar-refractivity contribution in [2.75, 3.05) is 24.6 Å². The monoisotopic (exact) mass is 306 g/mol. The number of ether oxygens (including phenoxy) is 1. The lowest BCUT2D eigenvalue weighted by atomic mass is 10.1. The predicted molar refractivity (Wildman–Crippen MR) is 87.1 cm³/mol. The van der Waals surface area contributed by atoms with E-state index < -0.39 is 5.60 Å². The Morgan fingerprint density at radius 2 is 2.18 bits per heavy atom. The highest BCUT2D eigenvalue weighted by molar-refractivity contribution is 5.91. The number of nitrogens with zero attached hydrogens (tertiary/aromatic N) is 1. The smallest absolute Gasteiger partial charge is 0.414 e. The van der Waals surface area contributed by atoms with Crippen LogP contribution in [0.2, 0.25) is 0 Å². The van der Waals surface area contributed by atoms with Crippen molar-refractivity contribution >= 4 is 11.8 Å². The number of carbonyl (C=O) groups excluding carboxylic acids is 1. The normalized spacial score (nSPS) is 14.1. The van der Waals surface area contributed by atoms with Crippen LogP contribution in [0.1, 0.15) is 38.3 Å². The van der Waals surface area contributed by atoms with E-state index in [2.05, 4.69) is 11.4 Å². The molecule has 0 atom stereocenters. The van der Waals surface area contributed by atoms with Gasteiger partial charge in [0, 0.05) is 19.7 Å². The molecule has 0 aliphatic carbocycles. The molecule has 1 aliphatic heterocycles. The number of carbonyl (C=O) groups is 1. The van der Waals surface area contributed by atoms with Gasteiger partial charge in [0.1, 0.15) is 5.60 Å². The Hall–Kier alpha value is -1.59. The van der Waals surface area contributed by atoms with Crippen molar-refractivity contribution in [2.24, 2.45) is 0 Å². The molecule has 0 spiro atoms. The third kappa shape index (κ3) is 4.21. The minimum atomic E-state index is -0.492. The van der Waals surface area contributed by atoms with Crippen LogP contribution in [0.3, 0.4) is 0 Å². The van der Waals surface area contributed by atoms with Crippen LogP contribution in [-0.2, 0) is 17.7 Å². The topological polar surface area (TPSA) is 61.8 Å². The Bertz CT molecular complexity index is 523. The molecule has 2 rings (SSSR count). The second kappa shape index (κ2) is 7.11. The first-order valence-corrected chi connectivity index (χ1v) is 7.85. The summed E-state index contributed by atoms with van der Waals surface area (Å²) in [6.07, 6.45) is 1.30. The summed E-state index contributed by atoms with van der Waals surface area (Å²) < 4.78 is 5.51. The summed E-state index contributed by atoms with van der Waals surface area (Å²) in [6, 6.07) is 6.13. The number of hydrogen-bond donors (Lipinski definition) is 2. The van der Waals surface area contributed by atoms with E-state index in [1.807, 2.05) is 32.9 Å².